The quantitative estimate of drug-likeness (QED) is 0.512. The van der Waals surface area contributed by atoms with Gasteiger partial charge in [-0.05, 0) is 49.4 Å². The van der Waals surface area contributed by atoms with Crippen LogP contribution in [0, 0.1) is 11.3 Å². The first kappa shape index (κ1) is 25.4. The van der Waals surface area contributed by atoms with E-state index in [1.54, 1.807) is 60.7 Å². The van der Waals surface area contributed by atoms with Gasteiger partial charge in [0.05, 0.1) is 16.5 Å². The van der Waals surface area contributed by atoms with Gasteiger partial charge in [-0.3, -0.25) is 9.59 Å². The molecule has 1 aliphatic rings. The Morgan fingerprint density at radius 1 is 0.806 bits per heavy atom. The lowest BCUT2D eigenvalue weighted by atomic mass is 9.97. The van der Waals surface area contributed by atoms with E-state index in [1.807, 2.05) is 6.92 Å². The van der Waals surface area contributed by atoms with Gasteiger partial charge in [0.15, 0.2) is 0 Å². The lowest BCUT2D eigenvalue weighted by molar-refractivity contribution is -0.145. The fourth-order valence-electron chi connectivity index (χ4n) is 2.96. The van der Waals surface area contributed by atoms with Crippen LogP contribution < -0.4 is 0 Å². The van der Waals surface area contributed by atoms with E-state index in [9.17, 15) is 19.2 Å². The molecule has 0 amide bonds. The molecule has 1 fully saturated rings. The zero-order valence-corrected chi connectivity index (χ0v) is 17.1. The summed E-state index contributed by atoms with van der Waals surface area (Å²) in [5, 5.41) is 34.0. The van der Waals surface area contributed by atoms with Crippen molar-refractivity contribution in [3.8, 4) is 0 Å². The average Bonchev–Trinajstić information content (AvgIpc) is 3.41. The zero-order chi connectivity index (χ0) is 23.4. The second-order valence-corrected chi connectivity index (χ2v) is 7.16. The van der Waals surface area contributed by atoms with Crippen molar-refractivity contribution >= 4 is 23.9 Å². The van der Waals surface area contributed by atoms with E-state index in [0.717, 1.165) is 0 Å². The predicted octanol–water partition coefficient (Wildman–Crippen LogP) is 4.12. The summed E-state index contributed by atoms with van der Waals surface area (Å²) in [7, 11) is 0. The summed E-state index contributed by atoms with van der Waals surface area (Å²) in [4.78, 5) is 41.4. The van der Waals surface area contributed by atoms with E-state index in [-0.39, 0.29) is 12.3 Å². The summed E-state index contributed by atoms with van der Waals surface area (Å²) in [5.74, 6) is -3.18. The highest BCUT2D eigenvalue weighted by molar-refractivity contribution is 5.87. The standard InChI is InChI=1S/C9H14O4.2C7H6O2/c1-6-5-9(6,8(12)13)4-2-3-7(10)11;2*8-7(9)6-4-2-1-3-5-6/h6H,2-5H2,1H3,(H,10,11)(H,12,13);2*1-5H,(H,8,9). The van der Waals surface area contributed by atoms with Gasteiger partial charge >= 0.3 is 23.9 Å². The van der Waals surface area contributed by atoms with Crippen LogP contribution in [0.5, 0.6) is 0 Å². The minimum absolute atomic E-state index is 0.0712. The molecule has 8 heteroatoms. The Labute approximate surface area is 179 Å². The lowest BCUT2D eigenvalue weighted by Gasteiger charge is -2.09. The molecule has 166 valence electrons. The first-order valence-electron chi connectivity index (χ1n) is 9.62. The number of benzene rings is 2. The maximum Gasteiger partial charge on any atom is 0.335 e. The summed E-state index contributed by atoms with van der Waals surface area (Å²) < 4.78 is 0. The van der Waals surface area contributed by atoms with Gasteiger partial charge in [-0.15, -0.1) is 0 Å². The number of carboxylic acids is 4. The van der Waals surface area contributed by atoms with Crippen LogP contribution in [-0.2, 0) is 9.59 Å². The molecule has 2 aromatic carbocycles. The smallest absolute Gasteiger partial charge is 0.335 e. The number of rotatable bonds is 7. The van der Waals surface area contributed by atoms with Gasteiger partial charge in [0.25, 0.3) is 0 Å². The SMILES string of the molecule is CC1CC1(CCCC(=O)O)C(=O)O.O=C(O)c1ccccc1.O=C(O)c1ccccc1. The van der Waals surface area contributed by atoms with Crippen LogP contribution in [0.15, 0.2) is 60.7 Å². The number of aromatic carboxylic acids is 2. The minimum Gasteiger partial charge on any atom is -0.481 e. The van der Waals surface area contributed by atoms with E-state index in [2.05, 4.69) is 0 Å². The molecule has 0 heterocycles. The van der Waals surface area contributed by atoms with E-state index in [4.69, 9.17) is 20.4 Å². The first-order valence-corrected chi connectivity index (χ1v) is 9.62. The molecule has 1 aliphatic carbocycles. The van der Waals surface area contributed by atoms with Crippen LogP contribution in [0.1, 0.15) is 53.3 Å². The Morgan fingerprint density at radius 2 is 1.19 bits per heavy atom. The van der Waals surface area contributed by atoms with Crippen molar-refractivity contribution in [2.24, 2.45) is 11.3 Å². The fourth-order valence-corrected chi connectivity index (χ4v) is 2.96. The first-order chi connectivity index (χ1) is 14.6. The lowest BCUT2D eigenvalue weighted by Crippen LogP contribution is -2.17. The monoisotopic (exact) mass is 430 g/mol. The minimum atomic E-state index is -0.879. The van der Waals surface area contributed by atoms with Crippen molar-refractivity contribution in [1.29, 1.82) is 0 Å². The Morgan fingerprint density at radius 3 is 1.42 bits per heavy atom. The molecule has 2 unspecified atom stereocenters. The van der Waals surface area contributed by atoms with E-state index in [1.165, 1.54) is 0 Å². The van der Waals surface area contributed by atoms with Crippen molar-refractivity contribution < 1.29 is 39.6 Å². The molecule has 2 atom stereocenters. The summed E-state index contributed by atoms with van der Waals surface area (Å²) in [6.45, 7) is 1.90. The molecule has 0 saturated heterocycles. The van der Waals surface area contributed by atoms with Crippen molar-refractivity contribution in [1.82, 2.24) is 0 Å². The van der Waals surface area contributed by atoms with Crippen LogP contribution in [0.4, 0.5) is 0 Å². The van der Waals surface area contributed by atoms with Crippen LogP contribution in [0.2, 0.25) is 0 Å². The molecule has 1 saturated carbocycles. The van der Waals surface area contributed by atoms with Gasteiger partial charge in [-0.25, -0.2) is 9.59 Å². The Hall–Kier alpha value is -3.68. The van der Waals surface area contributed by atoms with Gasteiger partial charge in [0, 0.05) is 6.42 Å². The molecular weight excluding hydrogens is 404 g/mol. The van der Waals surface area contributed by atoms with E-state index in [0.29, 0.717) is 30.4 Å². The average molecular weight is 430 g/mol. The molecule has 31 heavy (non-hydrogen) atoms. The molecule has 0 aromatic heterocycles. The number of aliphatic carboxylic acids is 2. The van der Waals surface area contributed by atoms with Gasteiger partial charge in [-0.2, -0.15) is 0 Å². The second-order valence-electron chi connectivity index (χ2n) is 7.16. The van der Waals surface area contributed by atoms with E-state index < -0.39 is 29.3 Å². The molecule has 0 spiro atoms. The topological polar surface area (TPSA) is 149 Å². The van der Waals surface area contributed by atoms with Crippen LogP contribution in [-0.4, -0.2) is 44.3 Å². The van der Waals surface area contributed by atoms with Crippen LogP contribution in [0.25, 0.3) is 0 Å². The normalized spacial score (nSPS) is 18.3. The largest absolute Gasteiger partial charge is 0.481 e. The molecule has 0 bridgehead atoms. The number of carboxylic acid groups (broad SMARTS) is 4. The molecule has 2 aromatic rings. The molecule has 0 radical (unpaired) electrons. The van der Waals surface area contributed by atoms with Gasteiger partial charge in [0.1, 0.15) is 0 Å². The number of hydrogen-bond acceptors (Lipinski definition) is 4. The van der Waals surface area contributed by atoms with Crippen LogP contribution in [0.3, 0.4) is 0 Å². The van der Waals surface area contributed by atoms with Crippen molar-refractivity contribution in [3.63, 3.8) is 0 Å². The Kier molecular flexibility index (Phi) is 9.91. The summed E-state index contributed by atoms with van der Waals surface area (Å²) in [6, 6.07) is 16.6. The molecule has 0 aliphatic heterocycles. The number of carbonyl (C=O) groups is 4. The maximum atomic E-state index is 10.8. The molecule has 4 N–H and O–H groups in total. The van der Waals surface area contributed by atoms with Gasteiger partial charge < -0.3 is 20.4 Å². The zero-order valence-electron chi connectivity index (χ0n) is 17.1. The highest BCUT2D eigenvalue weighted by Crippen LogP contribution is 2.55. The molecular formula is C23H26O8. The predicted molar refractivity (Wildman–Crippen MR) is 112 cm³/mol. The highest BCUT2D eigenvalue weighted by atomic mass is 16.4. The van der Waals surface area contributed by atoms with Crippen molar-refractivity contribution in [2.45, 2.75) is 32.6 Å². The Balaban J connectivity index is 0.000000239. The summed E-state index contributed by atoms with van der Waals surface area (Å²) in [6.07, 6.45) is 1.73. The van der Waals surface area contributed by atoms with Crippen molar-refractivity contribution in [3.05, 3.63) is 71.8 Å². The third kappa shape index (κ3) is 8.69. The number of hydrogen-bond donors (Lipinski definition) is 4. The molecule has 8 nitrogen and oxygen atoms in total. The van der Waals surface area contributed by atoms with Crippen molar-refractivity contribution in [2.75, 3.05) is 0 Å². The summed E-state index contributed by atoms with van der Waals surface area (Å²) in [5.41, 5.74) is 0.0603. The maximum absolute atomic E-state index is 10.8. The highest BCUT2D eigenvalue weighted by Gasteiger charge is 2.56. The third-order valence-corrected chi connectivity index (χ3v) is 4.93. The van der Waals surface area contributed by atoms with E-state index >= 15 is 0 Å². The third-order valence-electron chi connectivity index (χ3n) is 4.93. The molecule has 3 rings (SSSR count). The second kappa shape index (κ2) is 12.1. The summed E-state index contributed by atoms with van der Waals surface area (Å²) >= 11 is 0. The van der Waals surface area contributed by atoms with Gasteiger partial charge in [0.2, 0.25) is 0 Å². The fraction of sp³-hybridized carbons (Fsp3) is 0.304. The van der Waals surface area contributed by atoms with Crippen LogP contribution >= 0.6 is 0 Å². The Bertz CT molecular complexity index is 829. The van der Waals surface area contributed by atoms with Gasteiger partial charge in [-0.1, -0.05) is 43.3 Å².